The van der Waals surface area contributed by atoms with Crippen LogP contribution in [-0.4, -0.2) is 23.0 Å². The topological polar surface area (TPSA) is 75.7 Å². The van der Waals surface area contributed by atoms with Gasteiger partial charge < -0.3 is 20.7 Å². The molecule has 158 valence electrons. The van der Waals surface area contributed by atoms with Gasteiger partial charge in [-0.3, -0.25) is 0 Å². The molecule has 3 aromatic rings. The largest absolute Gasteiger partial charge is 0.488 e. The predicted octanol–water partition coefficient (Wildman–Crippen LogP) is 4.89. The van der Waals surface area contributed by atoms with Crippen molar-refractivity contribution >= 4 is 23.4 Å². The van der Waals surface area contributed by atoms with Crippen LogP contribution in [0, 0.1) is 5.92 Å². The first-order chi connectivity index (χ1) is 14.6. The zero-order valence-corrected chi connectivity index (χ0v) is 18.1. The number of benzene rings is 3. The van der Waals surface area contributed by atoms with Gasteiger partial charge in [-0.15, -0.1) is 0 Å². The molecule has 0 saturated heterocycles. The molecule has 0 aliphatic heterocycles. The molecular formula is C24H26ClNO3S. The fraction of sp³-hybridized carbons (Fsp3) is 0.250. The smallest absolute Gasteiger partial charge is 0.133 e. The second-order valence-corrected chi connectivity index (χ2v) is 8.57. The van der Waals surface area contributed by atoms with Crippen LogP contribution in [0.15, 0.2) is 82.6 Å². The summed E-state index contributed by atoms with van der Waals surface area (Å²) in [7, 11) is 0. The summed E-state index contributed by atoms with van der Waals surface area (Å²) < 4.78 is 6.04. The van der Waals surface area contributed by atoms with Gasteiger partial charge in [-0.05, 0) is 48.2 Å². The summed E-state index contributed by atoms with van der Waals surface area (Å²) in [6.45, 7) is 0.361. The van der Waals surface area contributed by atoms with E-state index in [1.807, 2.05) is 72.8 Å². The van der Waals surface area contributed by atoms with Gasteiger partial charge in [-0.1, -0.05) is 71.9 Å². The highest BCUT2D eigenvalue weighted by molar-refractivity contribution is 7.99. The maximum absolute atomic E-state index is 9.48. The van der Waals surface area contributed by atoms with Gasteiger partial charge in [0.2, 0.25) is 0 Å². The quantitative estimate of drug-likeness (QED) is 0.389. The van der Waals surface area contributed by atoms with E-state index in [0.717, 1.165) is 26.7 Å². The van der Waals surface area contributed by atoms with Crippen LogP contribution in [0.2, 0.25) is 5.02 Å². The maximum atomic E-state index is 9.48. The van der Waals surface area contributed by atoms with Gasteiger partial charge in [0, 0.05) is 22.4 Å². The monoisotopic (exact) mass is 443 g/mol. The lowest BCUT2D eigenvalue weighted by Gasteiger charge is -2.17. The van der Waals surface area contributed by atoms with Gasteiger partial charge in [-0.2, -0.15) is 0 Å². The molecule has 0 aromatic heterocycles. The summed E-state index contributed by atoms with van der Waals surface area (Å²) in [5.74, 6) is 0.470. The lowest BCUT2D eigenvalue weighted by molar-refractivity contribution is 0.0674. The summed E-state index contributed by atoms with van der Waals surface area (Å²) in [5, 5.41) is 19.4. The van der Waals surface area contributed by atoms with E-state index < -0.39 is 6.23 Å². The minimum absolute atomic E-state index is 0.150. The standard InChI is InChI=1S/C24H26ClNO3S/c25-21-14-20(13-12-18(21)10-11-19(15-27)24(26)28)30-23-9-5-4-8-22(23)29-16-17-6-2-1-3-7-17/h1-9,12-14,19,24,27-28H,10-11,15-16,26H2. The van der Waals surface area contributed by atoms with E-state index in [9.17, 15) is 10.2 Å². The first kappa shape index (κ1) is 22.7. The second-order valence-electron chi connectivity index (χ2n) is 7.05. The molecule has 6 heteroatoms. The Kier molecular flexibility index (Phi) is 8.61. The van der Waals surface area contributed by atoms with Gasteiger partial charge in [0.05, 0.1) is 4.90 Å². The van der Waals surface area contributed by atoms with Crippen molar-refractivity contribution in [2.45, 2.75) is 35.5 Å². The summed E-state index contributed by atoms with van der Waals surface area (Å²) in [4.78, 5) is 2.03. The van der Waals surface area contributed by atoms with E-state index in [1.165, 1.54) is 0 Å². The molecule has 4 N–H and O–H groups in total. The van der Waals surface area contributed by atoms with Crippen LogP contribution < -0.4 is 10.5 Å². The van der Waals surface area contributed by atoms with Crippen LogP contribution in [0.25, 0.3) is 0 Å². The Morgan fingerprint density at radius 1 is 1.00 bits per heavy atom. The predicted molar refractivity (Wildman–Crippen MR) is 122 cm³/mol. The molecule has 2 atom stereocenters. The zero-order chi connectivity index (χ0) is 21.3. The fourth-order valence-electron chi connectivity index (χ4n) is 3.02. The van der Waals surface area contributed by atoms with Crippen LogP contribution in [0.1, 0.15) is 17.5 Å². The molecule has 2 unspecified atom stereocenters. The molecule has 3 rings (SSSR count). The summed E-state index contributed by atoms with van der Waals surface area (Å²) >= 11 is 8.08. The van der Waals surface area contributed by atoms with Gasteiger partial charge in [0.1, 0.15) is 18.6 Å². The van der Waals surface area contributed by atoms with Crippen molar-refractivity contribution in [3.63, 3.8) is 0 Å². The molecule has 0 spiro atoms. The number of aryl methyl sites for hydroxylation is 1. The highest BCUT2D eigenvalue weighted by Gasteiger charge is 2.15. The lowest BCUT2D eigenvalue weighted by atomic mass is 9.99. The van der Waals surface area contributed by atoms with E-state index in [4.69, 9.17) is 22.1 Å². The molecule has 0 fully saturated rings. The zero-order valence-electron chi connectivity index (χ0n) is 16.6. The summed E-state index contributed by atoms with van der Waals surface area (Å²) in [6, 6.07) is 24.0. The van der Waals surface area contributed by atoms with Gasteiger partial charge in [-0.25, -0.2) is 0 Å². The molecule has 3 aromatic carbocycles. The SMILES string of the molecule is NC(O)C(CO)CCc1ccc(Sc2ccccc2OCc2ccccc2)cc1Cl. The first-order valence-corrected chi connectivity index (χ1v) is 11.0. The Morgan fingerprint density at radius 3 is 2.43 bits per heavy atom. The maximum Gasteiger partial charge on any atom is 0.133 e. The summed E-state index contributed by atoms with van der Waals surface area (Å²) in [5.41, 5.74) is 7.57. The number of aliphatic hydroxyl groups excluding tert-OH is 2. The number of aliphatic hydroxyl groups is 2. The molecule has 0 aliphatic rings. The van der Waals surface area contributed by atoms with Crippen molar-refractivity contribution in [1.82, 2.24) is 0 Å². The van der Waals surface area contributed by atoms with Crippen LogP contribution >= 0.6 is 23.4 Å². The minimum Gasteiger partial charge on any atom is -0.488 e. The summed E-state index contributed by atoms with van der Waals surface area (Å²) in [6.07, 6.45) is 0.173. The molecule has 0 radical (unpaired) electrons. The fourth-order valence-corrected chi connectivity index (χ4v) is 4.30. The highest BCUT2D eigenvalue weighted by Crippen LogP contribution is 2.37. The molecular weight excluding hydrogens is 418 g/mol. The average Bonchev–Trinajstić information content (AvgIpc) is 2.75. The molecule has 0 heterocycles. The third-order valence-corrected chi connectivity index (χ3v) is 6.24. The number of hydrogen-bond donors (Lipinski definition) is 3. The third-order valence-electron chi connectivity index (χ3n) is 4.84. The van der Waals surface area contributed by atoms with Crippen LogP contribution in [0.5, 0.6) is 5.75 Å². The van der Waals surface area contributed by atoms with E-state index in [1.54, 1.807) is 11.8 Å². The number of nitrogens with two attached hydrogens (primary N) is 1. The van der Waals surface area contributed by atoms with Crippen molar-refractivity contribution in [2.75, 3.05) is 6.61 Å². The average molecular weight is 444 g/mol. The minimum atomic E-state index is -1.03. The number of para-hydroxylation sites is 1. The number of halogens is 1. The molecule has 4 nitrogen and oxygen atoms in total. The van der Waals surface area contributed by atoms with E-state index >= 15 is 0 Å². The van der Waals surface area contributed by atoms with Crippen molar-refractivity contribution in [3.05, 3.63) is 88.9 Å². The number of hydrogen-bond acceptors (Lipinski definition) is 5. The third kappa shape index (κ3) is 6.49. The van der Waals surface area contributed by atoms with Crippen molar-refractivity contribution in [2.24, 2.45) is 11.7 Å². The number of rotatable bonds is 10. The Bertz CT molecular complexity index is 937. The first-order valence-electron chi connectivity index (χ1n) is 9.83. The second kappa shape index (κ2) is 11.4. The van der Waals surface area contributed by atoms with E-state index in [0.29, 0.717) is 24.5 Å². The highest BCUT2D eigenvalue weighted by atomic mass is 35.5. The van der Waals surface area contributed by atoms with Crippen LogP contribution in [0.4, 0.5) is 0 Å². The molecule has 0 bridgehead atoms. The van der Waals surface area contributed by atoms with Crippen molar-refractivity contribution < 1.29 is 14.9 Å². The van der Waals surface area contributed by atoms with Crippen LogP contribution in [0.3, 0.4) is 0 Å². The van der Waals surface area contributed by atoms with Crippen LogP contribution in [-0.2, 0) is 13.0 Å². The lowest BCUT2D eigenvalue weighted by Crippen LogP contribution is -2.32. The van der Waals surface area contributed by atoms with Gasteiger partial charge in [0.25, 0.3) is 0 Å². The Balaban J connectivity index is 1.66. The molecule has 0 amide bonds. The Hall–Kier alpha value is -2.02. The number of ether oxygens (including phenoxy) is 1. The normalized spacial score (nSPS) is 13.1. The van der Waals surface area contributed by atoms with E-state index in [-0.39, 0.29) is 12.5 Å². The Labute approximate surface area is 186 Å². The van der Waals surface area contributed by atoms with Gasteiger partial charge >= 0.3 is 0 Å². The van der Waals surface area contributed by atoms with Crippen molar-refractivity contribution in [1.29, 1.82) is 0 Å². The molecule has 0 saturated carbocycles. The van der Waals surface area contributed by atoms with E-state index in [2.05, 4.69) is 0 Å². The molecule has 30 heavy (non-hydrogen) atoms. The van der Waals surface area contributed by atoms with Gasteiger partial charge in [0.15, 0.2) is 0 Å². The molecule has 0 aliphatic carbocycles. The van der Waals surface area contributed by atoms with Crippen molar-refractivity contribution in [3.8, 4) is 5.75 Å². The Morgan fingerprint density at radius 2 is 1.73 bits per heavy atom.